The molecule has 0 saturated carbocycles. The van der Waals surface area contributed by atoms with Gasteiger partial charge < -0.3 is 13.7 Å². The van der Waals surface area contributed by atoms with Crippen molar-refractivity contribution in [2.75, 3.05) is 0 Å². The minimum Gasteiger partial charge on any atom is -0.484 e. The standard InChI is InChI=1S/C18H14N4O3/c1-12-19-17(22-25-12)13-7-9-15(10-8-13)23-11-16-20-21-18(24-16)14-5-3-2-4-6-14/h2-10H,11H2,1H3. The molecule has 7 heteroatoms. The van der Waals surface area contributed by atoms with Crippen molar-refractivity contribution in [2.24, 2.45) is 0 Å². The highest BCUT2D eigenvalue weighted by Crippen LogP contribution is 2.21. The van der Waals surface area contributed by atoms with Crippen LogP contribution in [-0.2, 0) is 6.61 Å². The third kappa shape index (κ3) is 3.40. The van der Waals surface area contributed by atoms with Crippen molar-refractivity contribution in [3.05, 3.63) is 66.4 Å². The predicted octanol–water partition coefficient (Wildman–Crippen LogP) is 3.67. The molecule has 124 valence electrons. The van der Waals surface area contributed by atoms with Crippen LogP contribution in [0.2, 0.25) is 0 Å². The van der Waals surface area contributed by atoms with E-state index in [9.17, 15) is 0 Å². The molecule has 0 amide bonds. The highest BCUT2D eigenvalue weighted by Gasteiger charge is 2.09. The predicted molar refractivity (Wildman–Crippen MR) is 88.5 cm³/mol. The van der Waals surface area contributed by atoms with Gasteiger partial charge in [0, 0.05) is 18.1 Å². The van der Waals surface area contributed by atoms with E-state index >= 15 is 0 Å². The topological polar surface area (TPSA) is 87.1 Å². The first-order chi connectivity index (χ1) is 12.3. The van der Waals surface area contributed by atoms with E-state index in [1.165, 1.54) is 0 Å². The average molecular weight is 334 g/mol. The monoisotopic (exact) mass is 334 g/mol. The molecule has 2 aromatic heterocycles. The molecule has 0 spiro atoms. The molecule has 0 bridgehead atoms. The van der Waals surface area contributed by atoms with E-state index < -0.39 is 0 Å². The number of aryl methyl sites for hydroxylation is 1. The summed E-state index contributed by atoms with van der Waals surface area (Å²) in [7, 11) is 0. The van der Waals surface area contributed by atoms with E-state index in [1.54, 1.807) is 6.92 Å². The number of hydrogen-bond acceptors (Lipinski definition) is 7. The summed E-state index contributed by atoms with van der Waals surface area (Å²) in [6.45, 7) is 1.95. The average Bonchev–Trinajstić information content (AvgIpc) is 3.30. The lowest BCUT2D eigenvalue weighted by molar-refractivity contribution is 0.264. The fourth-order valence-electron chi connectivity index (χ4n) is 2.27. The quantitative estimate of drug-likeness (QED) is 0.550. The number of aromatic nitrogens is 4. The Morgan fingerprint density at radius 1 is 0.920 bits per heavy atom. The zero-order valence-corrected chi connectivity index (χ0v) is 13.4. The van der Waals surface area contributed by atoms with E-state index in [0.29, 0.717) is 29.2 Å². The minimum atomic E-state index is 0.195. The van der Waals surface area contributed by atoms with Crippen molar-refractivity contribution < 1.29 is 13.7 Å². The molecule has 4 rings (SSSR count). The Balaban J connectivity index is 1.41. The third-order valence-corrected chi connectivity index (χ3v) is 3.49. The van der Waals surface area contributed by atoms with Crippen LogP contribution in [0.15, 0.2) is 63.5 Å². The Morgan fingerprint density at radius 2 is 1.72 bits per heavy atom. The highest BCUT2D eigenvalue weighted by molar-refractivity contribution is 5.55. The normalized spacial score (nSPS) is 10.8. The summed E-state index contributed by atoms with van der Waals surface area (Å²) in [4.78, 5) is 4.18. The molecule has 0 aliphatic rings. The molecule has 2 heterocycles. The number of ether oxygens (including phenoxy) is 1. The van der Waals surface area contributed by atoms with Crippen LogP contribution in [0.1, 0.15) is 11.8 Å². The maximum atomic E-state index is 5.68. The van der Waals surface area contributed by atoms with Crippen LogP contribution in [0.5, 0.6) is 5.75 Å². The third-order valence-electron chi connectivity index (χ3n) is 3.49. The summed E-state index contributed by atoms with van der Waals surface area (Å²) in [5.74, 6) is 2.65. The Morgan fingerprint density at radius 3 is 2.44 bits per heavy atom. The van der Waals surface area contributed by atoms with Crippen LogP contribution in [0, 0.1) is 6.92 Å². The lowest BCUT2D eigenvalue weighted by atomic mass is 10.2. The first-order valence-corrected chi connectivity index (χ1v) is 7.69. The number of rotatable bonds is 5. The van der Waals surface area contributed by atoms with Gasteiger partial charge in [-0.05, 0) is 36.4 Å². The molecule has 2 aromatic carbocycles. The Kier molecular flexibility index (Phi) is 3.96. The van der Waals surface area contributed by atoms with Gasteiger partial charge in [-0.1, -0.05) is 23.4 Å². The van der Waals surface area contributed by atoms with E-state index in [0.717, 1.165) is 11.1 Å². The second-order valence-electron chi connectivity index (χ2n) is 5.32. The molecule has 7 nitrogen and oxygen atoms in total. The zero-order chi connectivity index (χ0) is 17.1. The maximum absolute atomic E-state index is 5.68. The Labute approximate surface area is 143 Å². The first kappa shape index (κ1) is 15.1. The van der Waals surface area contributed by atoms with Crippen molar-refractivity contribution in [3.8, 4) is 28.6 Å². The molecule has 0 saturated heterocycles. The van der Waals surface area contributed by atoms with Gasteiger partial charge in [0.1, 0.15) is 5.75 Å². The smallest absolute Gasteiger partial charge is 0.254 e. The van der Waals surface area contributed by atoms with Crippen LogP contribution < -0.4 is 4.74 Å². The second-order valence-corrected chi connectivity index (χ2v) is 5.32. The first-order valence-electron chi connectivity index (χ1n) is 7.69. The van der Waals surface area contributed by atoms with E-state index in [2.05, 4.69) is 20.3 Å². The molecule has 0 radical (unpaired) electrons. The Bertz CT molecular complexity index is 961. The molecule has 0 atom stereocenters. The SMILES string of the molecule is Cc1nc(-c2ccc(OCc3nnc(-c4ccccc4)o3)cc2)no1. The molecule has 25 heavy (non-hydrogen) atoms. The molecule has 0 fully saturated rings. The molecular weight excluding hydrogens is 320 g/mol. The van der Waals surface area contributed by atoms with Gasteiger partial charge in [0.25, 0.3) is 5.89 Å². The van der Waals surface area contributed by atoms with Crippen LogP contribution in [-0.4, -0.2) is 20.3 Å². The van der Waals surface area contributed by atoms with Crippen LogP contribution in [0.25, 0.3) is 22.8 Å². The zero-order valence-electron chi connectivity index (χ0n) is 13.4. The highest BCUT2D eigenvalue weighted by atomic mass is 16.5. The summed E-state index contributed by atoms with van der Waals surface area (Å²) < 4.78 is 16.3. The van der Waals surface area contributed by atoms with Crippen LogP contribution in [0.3, 0.4) is 0 Å². The molecule has 0 aliphatic heterocycles. The lowest BCUT2D eigenvalue weighted by Crippen LogP contribution is -1.95. The summed E-state index contributed by atoms with van der Waals surface area (Å²) in [5, 5.41) is 11.9. The van der Waals surface area contributed by atoms with Gasteiger partial charge >= 0.3 is 0 Å². The van der Waals surface area contributed by atoms with E-state index in [4.69, 9.17) is 13.7 Å². The van der Waals surface area contributed by atoms with Crippen molar-refractivity contribution in [1.29, 1.82) is 0 Å². The van der Waals surface area contributed by atoms with E-state index in [1.807, 2.05) is 54.6 Å². The minimum absolute atomic E-state index is 0.195. The van der Waals surface area contributed by atoms with Crippen LogP contribution in [0.4, 0.5) is 0 Å². The van der Waals surface area contributed by atoms with Gasteiger partial charge in [0.2, 0.25) is 17.6 Å². The van der Waals surface area contributed by atoms with Crippen LogP contribution >= 0.6 is 0 Å². The molecule has 0 aliphatic carbocycles. The maximum Gasteiger partial charge on any atom is 0.254 e. The van der Waals surface area contributed by atoms with Crippen molar-refractivity contribution >= 4 is 0 Å². The van der Waals surface area contributed by atoms with Crippen molar-refractivity contribution in [3.63, 3.8) is 0 Å². The number of nitrogens with zero attached hydrogens (tertiary/aromatic N) is 4. The van der Waals surface area contributed by atoms with Crippen molar-refractivity contribution in [2.45, 2.75) is 13.5 Å². The van der Waals surface area contributed by atoms with Gasteiger partial charge in [0.05, 0.1) is 0 Å². The molecule has 4 aromatic rings. The summed E-state index contributed by atoms with van der Waals surface area (Å²) in [6.07, 6.45) is 0. The fourth-order valence-corrected chi connectivity index (χ4v) is 2.27. The lowest BCUT2D eigenvalue weighted by Gasteiger charge is -2.03. The Hall–Kier alpha value is -3.48. The summed E-state index contributed by atoms with van der Waals surface area (Å²) >= 11 is 0. The second kappa shape index (κ2) is 6.56. The largest absolute Gasteiger partial charge is 0.484 e. The molecule has 0 unspecified atom stereocenters. The van der Waals surface area contributed by atoms with Gasteiger partial charge in [-0.15, -0.1) is 10.2 Å². The molecular formula is C18H14N4O3. The van der Waals surface area contributed by atoms with Gasteiger partial charge in [-0.2, -0.15) is 4.98 Å². The summed E-state index contributed by atoms with van der Waals surface area (Å²) in [5.41, 5.74) is 1.73. The van der Waals surface area contributed by atoms with Gasteiger partial charge in [-0.25, -0.2) is 0 Å². The van der Waals surface area contributed by atoms with Gasteiger partial charge in [0.15, 0.2) is 6.61 Å². The summed E-state index contributed by atoms with van der Waals surface area (Å²) in [6, 6.07) is 17.0. The molecule has 0 N–H and O–H groups in total. The fraction of sp³-hybridized carbons (Fsp3) is 0.111. The van der Waals surface area contributed by atoms with Gasteiger partial charge in [-0.3, -0.25) is 0 Å². The van der Waals surface area contributed by atoms with Crippen molar-refractivity contribution in [1.82, 2.24) is 20.3 Å². The van der Waals surface area contributed by atoms with E-state index in [-0.39, 0.29) is 6.61 Å². The number of hydrogen-bond donors (Lipinski definition) is 0. The number of benzene rings is 2.